The molecule has 0 radical (unpaired) electrons. The fraction of sp³-hybridized carbons (Fsp3) is 0.556. The highest BCUT2D eigenvalue weighted by Gasteiger charge is 2.36. The lowest BCUT2D eigenvalue weighted by molar-refractivity contribution is -0.383. The highest BCUT2D eigenvalue weighted by atomic mass is 32.2. The Labute approximate surface area is 124 Å². The van der Waals surface area contributed by atoms with Gasteiger partial charge in [-0.2, -0.15) is 4.31 Å². The molecule has 0 saturated carbocycles. The quantitative estimate of drug-likeness (QED) is 0.363. The number of ether oxygens (including phenoxy) is 1. The Kier molecular flexibility index (Phi) is 4.75. The van der Waals surface area contributed by atoms with Crippen molar-refractivity contribution < 1.29 is 23.2 Å². The third-order valence-corrected chi connectivity index (χ3v) is 6.42. The maximum atomic E-state index is 12.5. The van der Waals surface area contributed by atoms with E-state index in [1.54, 1.807) is 0 Å². The fourth-order valence-electron chi connectivity index (χ4n) is 1.94. The molecule has 2 rings (SSSR count). The van der Waals surface area contributed by atoms with Gasteiger partial charge in [0.25, 0.3) is 10.0 Å². The maximum Gasteiger partial charge on any atom is 0.306 e. The van der Waals surface area contributed by atoms with Crippen LogP contribution in [0.4, 0.5) is 10.7 Å². The molecule has 12 heteroatoms. The smallest absolute Gasteiger partial charge is 0.306 e. The lowest BCUT2D eigenvalue weighted by Gasteiger charge is -2.32. The van der Waals surface area contributed by atoms with E-state index >= 15 is 0 Å². The Balaban J connectivity index is 2.41. The largest absolute Gasteiger partial charge is 0.395 e. The molecule has 0 aliphatic carbocycles. The van der Waals surface area contributed by atoms with E-state index in [2.05, 4.69) is 5.43 Å². The van der Waals surface area contributed by atoms with Crippen molar-refractivity contribution in [3.05, 3.63) is 16.2 Å². The van der Waals surface area contributed by atoms with Crippen LogP contribution in [0.2, 0.25) is 0 Å². The van der Waals surface area contributed by atoms with Crippen LogP contribution in [0.25, 0.3) is 0 Å². The number of thiophene rings is 1. The van der Waals surface area contributed by atoms with Crippen LogP contribution in [-0.2, 0) is 14.8 Å². The molecule has 1 aromatic heterocycles. The average molecular weight is 338 g/mol. The number of hydrazine groups is 1. The summed E-state index contributed by atoms with van der Waals surface area (Å²) >= 11 is 0.671. The molecule has 0 aromatic carbocycles. The Bertz CT molecular complexity index is 630. The molecule has 0 spiro atoms. The number of nitrogens with zero attached hydrogens (tertiary/aromatic N) is 2. The monoisotopic (exact) mass is 338 g/mol. The van der Waals surface area contributed by atoms with Crippen LogP contribution in [0.5, 0.6) is 0 Å². The van der Waals surface area contributed by atoms with Crippen molar-refractivity contribution in [3.8, 4) is 0 Å². The Morgan fingerprint density at radius 2 is 2.38 bits per heavy atom. The number of sulfonamides is 1. The molecule has 0 bridgehead atoms. The lowest BCUT2D eigenvalue weighted by Crippen LogP contribution is -2.50. The molecule has 118 valence electrons. The number of aliphatic hydroxyl groups excluding tert-OH is 1. The van der Waals surface area contributed by atoms with Crippen LogP contribution in [0.3, 0.4) is 0 Å². The molecular weight excluding hydrogens is 324 g/mol. The molecule has 4 N–H and O–H groups in total. The number of hydrogen-bond donors (Lipinski definition) is 3. The minimum atomic E-state index is -3.96. The van der Waals surface area contributed by atoms with Crippen molar-refractivity contribution in [1.82, 2.24) is 4.31 Å². The first kappa shape index (κ1) is 16.1. The third kappa shape index (κ3) is 3.00. The van der Waals surface area contributed by atoms with Crippen molar-refractivity contribution in [3.63, 3.8) is 0 Å². The van der Waals surface area contributed by atoms with Gasteiger partial charge in [-0.1, -0.05) is 11.3 Å². The molecule has 1 aliphatic rings. The molecule has 1 fully saturated rings. The van der Waals surface area contributed by atoms with E-state index < -0.39 is 33.3 Å². The van der Waals surface area contributed by atoms with E-state index in [1.165, 1.54) is 0 Å². The maximum absolute atomic E-state index is 12.5. The lowest BCUT2D eigenvalue weighted by atomic mass is 10.3. The second kappa shape index (κ2) is 6.21. The average Bonchev–Trinajstić information content (AvgIpc) is 2.92. The van der Waals surface area contributed by atoms with Crippen molar-refractivity contribution in [2.75, 3.05) is 31.8 Å². The number of aliphatic hydroxyl groups is 1. The summed E-state index contributed by atoms with van der Waals surface area (Å²) in [5.41, 5.74) is 1.71. The minimum Gasteiger partial charge on any atom is -0.395 e. The molecule has 1 saturated heterocycles. The molecule has 1 unspecified atom stereocenters. The molecule has 1 aliphatic heterocycles. The second-order valence-electron chi connectivity index (χ2n) is 4.21. The van der Waals surface area contributed by atoms with Crippen molar-refractivity contribution in [1.29, 1.82) is 0 Å². The zero-order valence-electron chi connectivity index (χ0n) is 10.8. The molecule has 21 heavy (non-hydrogen) atoms. The van der Waals surface area contributed by atoms with E-state index in [9.17, 15) is 23.6 Å². The van der Waals surface area contributed by atoms with Crippen LogP contribution in [-0.4, -0.2) is 55.2 Å². The number of rotatable bonds is 5. The number of morpholine rings is 1. The number of anilines is 1. The molecule has 10 nitrogen and oxygen atoms in total. The zero-order chi connectivity index (χ0) is 15.6. The van der Waals surface area contributed by atoms with E-state index in [-0.39, 0.29) is 29.0 Å². The number of nitrogens with one attached hydrogen (secondary N) is 1. The summed E-state index contributed by atoms with van der Waals surface area (Å²) in [6, 6.07) is 0.248. The van der Waals surface area contributed by atoms with Gasteiger partial charge in [0.1, 0.15) is 4.21 Å². The molecule has 1 atom stereocenters. The van der Waals surface area contributed by atoms with Crippen molar-refractivity contribution in [2.45, 2.75) is 10.3 Å². The second-order valence-corrected chi connectivity index (χ2v) is 7.38. The van der Waals surface area contributed by atoms with Crippen LogP contribution in [0, 0.1) is 10.1 Å². The van der Waals surface area contributed by atoms with Crippen molar-refractivity contribution >= 4 is 32.0 Å². The van der Waals surface area contributed by atoms with Gasteiger partial charge in [0, 0.05) is 12.6 Å². The Morgan fingerprint density at radius 3 is 2.90 bits per heavy atom. The fourth-order valence-corrected chi connectivity index (χ4v) is 4.89. The minimum absolute atomic E-state index is 0.0487. The summed E-state index contributed by atoms with van der Waals surface area (Å²) in [5, 5.41) is 20.1. The van der Waals surface area contributed by atoms with E-state index in [0.29, 0.717) is 11.3 Å². The topological polar surface area (TPSA) is 148 Å². The molecule has 2 heterocycles. The van der Waals surface area contributed by atoms with E-state index in [0.717, 1.165) is 10.4 Å². The van der Waals surface area contributed by atoms with Crippen molar-refractivity contribution in [2.24, 2.45) is 5.84 Å². The summed E-state index contributed by atoms with van der Waals surface area (Å²) in [6.45, 7) is -0.0459. The van der Waals surface area contributed by atoms with Crippen LogP contribution >= 0.6 is 11.3 Å². The standard InChI is InChI=1S/C9H14N4O6S2/c10-11-9-7(13(15)16)3-8(20-9)21(17,18)12-1-2-19-5-6(12)4-14/h3,6,11,14H,1-2,4-5,10H2. The number of hydrogen-bond acceptors (Lipinski definition) is 9. The number of nitro groups is 1. The van der Waals surface area contributed by atoms with Gasteiger partial charge in [-0.3, -0.25) is 10.1 Å². The van der Waals surface area contributed by atoms with Gasteiger partial charge in [0.15, 0.2) is 5.00 Å². The van der Waals surface area contributed by atoms with Gasteiger partial charge in [-0.15, -0.1) is 0 Å². The van der Waals surface area contributed by atoms with Crippen LogP contribution in [0.15, 0.2) is 10.3 Å². The first-order chi connectivity index (χ1) is 9.91. The third-order valence-electron chi connectivity index (χ3n) is 2.96. The Hall–Kier alpha value is -1.31. The van der Waals surface area contributed by atoms with Gasteiger partial charge < -0.3 is 15.3 Å². The molecular formula is C9H14N4O6S2. The van der Waals surface area contributed by atoms with Crippen LogP contribution in [0.1, 0.15) is 0 Å². The summed E-state index contributed by atoms with van der Waals surface area (Å²) in [7, 11) is -3.96. The van der Waals surface area contributed by atoms with Gasteiger partial charge in [0.05, 0.1) is 30.8 Å². The summed E-state index contributed by atoms with van der Waals surface area (Å²) in [6.07, 6.45) is 0. The highest BCUT2D eigenvalue weighted by molar-refractivity contribution is 7.91. The first-order valence-corrected chi connectivity index (χ1v) is 8.12. The van der Waals surface area contributed by atoms with E-state index in [1.807, 2.05) is 0 Å². The predicted octanol–water partition coefficient (Wildman–Crippen LogP) is -0.676. The van der Waals surface area contributed by atoms with Gasteiger partial charge in [0.2, 0.25) is 0 Å². The summed E-state index contributed by atoms with van der Waals surface area (Å²) in [5.74, 6) is 5.16. The SMILES string of the molecule is NNc1sc(S(=O)(=O)N2CCOCC2CO)cc1[N+](=O)[O-]. The number of nitrogens with two attached hydrogens (primary N) is 1. The zero-order valence-corrected chi connectivity index (χ0v) is 12.4. The molecule has 0 amide bonds. The highest BCUT2D eigenvalue weighted by Crippen LogP contribution is 2.38. The Morgan fingerprint density at radius 1 is 1.67 bits per heavy atom. The van der Waals surface area contributed by atoms with Gasteiger partial charge in [-0.05, 0) is 0 Å². The normalized spacial score (nSPS) is 20.4. The van der Waals surface area contributed by atoms with Gasteiger partial charge in [-0.25, -0.2) is 14.3 Å². The summed E-state index contributed by atoms with van der Waals surface area (Å²) < 4.78 is 31.1. The predicted molar refractivity (Wildman–Crippen MR) is 74.4 cm³/mol. The first-order valence-electron chi connectivity index (χ1n) is 5.87. The van der Waals surface area contributed by atoms with Crippen LogP contribution < -0.4 is 11.3 Å². The summed E-state index contributed by atoms with van der Waals surface area (Å²) in [4.78, 5) is 10.2. The van der Waals surface area contributed by atoms with Gasteiger partial charge >= 0.3 is 5.69 Å². The van der Waals surface area contributed by atoms with E-state index in [4.69, 9.17) is 10.6 Å². The molecule has 1 aromatic rings. The number of nitrogen functional groups attached to an aromatic ring is 1.